The highest BCUT2D eigenvalue weighted by Crippen LogP contribution is 2.38. The van der Waals surface area contributed by atoms with Gasteiger partial charge in [0, 0.05) is 21.5 Å². The number of benzene rings is 2. The van der Waals surface area contributed by atoms with Crippen LogP contribution < -0.4 is 9.64 Å². The number of thioether (sulfide) groups is 1. The lowest BCUT2D eigenvalue weighted by Gasteiger charge is -2.27. The van der Waals surface area contributed by atoms with Crippen LogP contribution in [-0.4, -0.2) is 44.3 Å². The lowest BCUT2D eigenvalue weighted by molar-refractivity contribution is 0.414. The van der Waals surface area contributed by atoms with Crippen LogP contribution in [0.5, 0.6) is 5.75 Å². The highest BCUT2D eigenvalue weighted by atomic mass is 35.5. The average molecular weight is 457 g/mol. The van der Waals surface area contributed by atoms with Gasteiger partial charge in [-0.1, -0.05) is 47.1 Å². The van der Waals surface area contributed by atoms with E-state index in [1.165, 1.54) is 0 Å². The number of hydrogen-bond donors (Lipinski definition) is 0. The van der Waals surface area contributed by atoms with Crippen LogP contribution in [0.4, 0.5) is 5.69 Å². The van der Waals surface area contributed by atoms with Crippen molar-refractivity contribution in [2.45, 2.75) is 17.8 Å². The molecule has 2 aliphatic rings. The molecule has 9 heteroatoms. The molecule has 1 saturated heterocycles. The van der Waals surface area contributed by atoms with Gasteiger partial charge in [0.15, 0.2) is 15.0 Å². The minimum absolute atomic E-state index is 0.0784. The minimum Gasteiger partial charge on any atom is -0.497 e. The van der Waals surface area contributed by atoms with E-state index in [9.17, 15) is 8.42 Å². The third kappa shape index (κ3) is 4.13. The first-order valence-corrected chi connectivity index (χ1v) is 12.2. The molecule has 2 heterocycles. The number of ether oxygens (including phenoxy) is 1. The molecule has 0 spiro atoms. The summed E-state index contributed by atoms with van der Waals surface area (Å²) in [6.45, 7) is 0. The number of aliphatic imine (C=N–C) groups is 1. The van der Waals surface area contributed by atoms with E-state index >= 15 is 0 Å². The quantitative estimate of drug-likeness (QED) is 0.686. The van der Waals surface area contributed by atoms with E-state index in [1.54, 1.807) is 37.1 Å². The zero-order chi connectivity index (χ0) is 19.9. The number of sulfone groups is 1. The fraction of sp³-hybridized carbons (Fsp3) is 0.316. The summed E-state index contributed by atoms with van der Waals surface area (Å²) in [6.07, 6.45) is 0. The van der Waals surface area contributed by atoms with Gasteiger partial charge in [0.1, 0.15) is 5.75 Å². The maximum absolute atomic E-state index is 12.1. The van der Waals surface area contributed by atoms with Gasteiger partial charge in [-0.2, -0.15) is 0 Å². The molecular formula is C19H18Cl2N2O3S2. The summed E-state index contributed by atoms with van der Waals surface area (Å²) in [5.41, 5.74) is 1.89. The smallest absolute Gasteiger partial charge is 0.164 e. The molecule has 1 fully saturated rings. The van der Waals surface area contributed by atoms with E-state index < -0.39 is 9.84 Å². The number of amidine groups is 1. The van der Waals surface area contributed by atoms with E-state index in [-0.39, 0.29) is 23.6 Å². The third-order valence-corrected chi connectivity index (χ3v) is 7.93. The minimum atomic E-state index is -3.10. The van der Waals surface area contributed by atoms with Crippen molar-refractivity contribution in [3.63, 3.8) is 0 Å². The Morgan fingerprint density at radius 3 is 2.46 bits per heavy atom. The first-order valence-electron chi connectivity index (χ1n) is 8.64. The zero-order valence-electron chi connectivity index (χ0n) is 15.0. The summed E-state index contributed by atoms with van der Waals surface area (Å²) in [5.74, 6) is 1.68. The van der Waals surface area contributed by atoms with Gasteiger partial charge >= 0.3 is 0 Å². The van der Waals surface area contributed by atoms with E-state index in [1.807, 2.05) is 29.2 Å². The number of fused-ring (bicyclic) bond motifs is 1. The van der Waals surface area contributed by atoms with Gasteiger partial charge in [-0.3, -0.25) is 4.99 Å². The number of nitrogens with zero attached hydrogens (tertiary/aromatic N) is 2. The number of halogens is 2. The molecular weight excluding hydrogens is 439 g/mol. The van der Waals surface area contributed by atoms with E-state index in [0.29, 0.717) is 15.8 Å². The van der Waals surface area contributed by atoms with Gasteiger partial charge in [-0.25, -0.2) is 8.42 Å². The van der Waals surface area contributed by atoms with Crippen molar-refractivity contribution in [2.24, 2.45) is 4.99 Å². The van der Waals surface area contributed by atoms with Crippen LogP contribution in [0.15, 0.2) is 47.5 Å². The van der Waals surface area contributed by atoms with Crippen LogP contribution in [0.2, 0.25) is 10.0 Å². The van der Waals surface area contributed by atoms with Gasteiger partial charge < -0.3 is 9.64 Å². The normalized spacial score (nSPS) is 22.8. The Morgan fingerprint density at radius 1 is 1.14 bits per heavy atom. The Hall–Kier alpha value is -1.41. The molecule has 0 bridgehead atoms. The van der Waals surface area contributed by atoms with Crippen molar-refractivity contribution in [3.05, 3.63) is 58.1 Å². The van der Waals surface area contributed by atoms with Crippen molar-refractivity contribution in [3.8, 4) is 5.75 Å². The summed E-state index contributed by atoms with van der Waals surface area (Å²) in [6, 6.07) is 12.6. The second kappa shape index (κ2) is 7.78. The standard InChI is InChI=1S/C19H18Cl2N2O3S2/c1-26-16-4-2-12(3-5-16)9-27-19-22-17-10-28(24,25)11-18(17)23(19)15-7-13(20)6-14(21)8-15/h2-8,17-18H,9-11H2,1H3/t17-,18-/m0/s1. The molecule has 28 heavy (non-hydrogen) atoms. The van der Waals surface area contributed by atoms with Crippen molar-refractivity contribution in [1.82, 2.24) is 0 Å². The highest BCUT2D eigenvalue weighted by molar-refractivity contribution is 8.13. The Balaban J connectivity index is 1.61. The Morgan fingerprint density at radius 2 is 1.82 bits per heavy atom. The predicted molar refractivity (Wildman–Crippen MR) is 117 cm³/mol. The maximum atomic E-state index is 12.1. The second-order valence-corrected chi connectivity index (χ2v) is 10.7. The molecule has 0 N–H and O–H groups in total. The molecule has 0 aromatic heterocycles. The van der Waals surface area contributed by atoms with Gasteiger partial charge in [-0.05, 0) is 35.9 Å². The van der Waals surface area contributed by atoms with E-state index in [4.69, 9.17) is 32.9 Å². The largest absolute Gasteiger partial charge is 0.497 e. The Kier molecular flexibility index (Phi) is 5.53. The second-order valence-electron chi connectivity index (χ2n) is 6.76. The number of rotatable bonds is 4. The summed E-state index contributed by atoms with van der Waals surface area (Å²) >= 11 is 14.0. The topological polar surface area (TPSA) is 59.0 Å². The predicted octanol–water partition coefficient (Wildman–Crippen LogP) is 4.28. The highest BCUT2D eigenvalue weighted by Gasteiger charge is 2.47. The van der Waals surface area contributed by atoms with Crippen LogP contribution in [0.1, 0.15) is 5.56 Å². The first-order chi connectivity index (χ1) is 13.3. The molecule has 0 radical (unpaired) electrons. The van der Waals surface area contributed by atoms with Crippen LogP contribution in [0.3, 0.4) is 0 Å². The number of methoxy groups -OCH3 is 1. The van der Waals surface area contributed by atoms with Crippen molar-refractivity contribution < 1.29 is 13.2 Å². The first kappa shape index (κ1) is 19.9. The fourth-order valence-corrected chi connectivity index (χ4v) is 6.92. The molecule has 4 rings (SSSR count). The number of hydrogen-bond acceptors (Lipinski definition) is 6. The van der Waals surface area contributed by atoms with Crippen molar-refractivity contribution >= 4 is 55.7 Å². The number of anilines is 1. The lowest BCUT2D eigenvalue weighted by atomic mass is 10.1. The van der Waals surface area contributed by atoms with Crippen LogP contribution in [0.25, 0.3) is 0 Å². The van der Waals surface area contributed by atoms with Gasteiger partial charge in [0.05, 0.1) is 30.7 Å². The maximum Gasteiger partial charge on any atom is 0.164 e. The molecule has 5 nitrogen and oxygen atoms in total. The molecule has 0 saturated carbocycles. The van der Waals surface area contributed by atoms with Crippen molar-refractivity contribution in [1.29, 1.82) is 0 Å². The van der Waals surface area contributed by atoms with E-state index in [2.05, 4.69) is 0 Å². The summed E-state index contributed by atoms with van der Waals surface area (Å²) in [4.78, 5) is 6.70. The average Bonchev–Trinajstić information content (AvgIpc) is 3.10. The summed E-state index contributed by atoms with van der Waals surface area (Å²) < 4.78 is 29.5. The lowest BCUT2D eigenvalue weighted by Crippen LogP contribution is -2.39. The van der Waals surface area contributed by atoms with E-state index in [0.717, 1.165) is 22.2 Å². The van der Waals surface area contributed by atoms with Crippen LogP contribution in [0, 0.1) is 0 Å². The summed E-state index contributed by atoms with van der Waals surface area (Å²) in [5, 5.41) is 1.80. The molecule has 0 unspecified atom stereocenters. The molecule has 0 amide bonds. The Labute approximate surface area is 178 Å². The monoisotopic (exact) mass is 456 g/mol. The SMILES string of the molecule is COc1ccc(CSC2=N[C@H]3CS(=O)(=O)C[C@@H]3N2c2cc(Cl)cc(Cl)c2)cc1. The van der Waals surface area contributed by atoms with Crippen LogP contribution >= 0.6 is 35.0 Å². The van der Waals surface area contributed by atoms with Gasteiger partial charge in [0.25, 0.3) is 0 Å². The zero-order valence-corrected chi connectivity index (χ0v) is 18.2. The molecule has 2 atom stereocenters. The van der Waals surface area contributed by atoms with Crippen LogP contribution in [-0.2, 0) is 15.6 Å². The Bertz CT molecular complexity index is 1010. The third-order valence-electron chi connectivity index (χ3n) is 4.76. The molecule has 0 aliphatic carbocycles. The van der Waals surface area contributed by atoms with Crippen molar-refractivity contribution in [2.75, 3.05) is 23.5 Å². The molecule has 2 aromatic carbocycles. The van der Waals surface area contributed by atoms with Gasteiger partial charge in [0.2, 0.25) is 0 Å². The molecule has 148 valence electrons. The molecule has 2 aromatic rings. The molecule has 2 aliphatic heterocycles. The fourth-order valence-electron chi connectivity index (χ4n) is 3.48. The van der Waals surface area contributed by atoms with Gasteiger partial charge in [-0.15, -0.1) is 0 Å². The summed E-state index contributed by atoms with van der Waals surface area (Å²) in [7, 11) is -1.47.